The highest BCUT2D eigenvalue weighted by atomic mass is 127. The first-order chi connectivity index (χ1) is 6.93. The fourth-order valence-corrected chi connectivity index (χ4v) is 1.41. The fraction of sp³-hybridized carbons (Fsp3) is 0.222. The number of carbonyl (C=O) groups excluding carboxylic acids is 1. The molecule has 6 heteroatoms. The van der Waals surface area contributed by atoms with Crippen molar-refractivity contribution in [3.8, 4) is 0 Å². The number of hydrogen-bond acceptors (Lipinski definition) is 1. The van der Waals surface area contributed by atoms with Crippen LogP contribution in [0.1, 0.15) is 5.56 Å². The Labute approximate surface area is 98.0 Å². The van der Waals surface area contributed by atoms with Gasteiger partial charge in [-0.25, -0.2) is 0 Å². The normalized spacial score (nSPS) is 11.2. The molecule has 0 aromatic heterocycles. The molecule has 15 heavy (non-hydrogen) atoms. The van der Waals surface area contributed by atoms with Gasteiger partial charge in [-0.05, 0) is 17.7 Å². The van der Waals surface area contributed by atoms with Gasteiger partial charge < -0.3 is 5.32 Å². The second-order valence-corrected chi connectivity index (χ2v) is 3.55. The Balaban J connectivity index is 2.77. The molecule has 0 saturated carbocycles. The summed E-state index contributed by atoms with van der Waals surface area (Å²) in [5.74, 6) is -1.95. The van der Waals surface area contributed by atoms with Crippen molar-refractivity contribution < 1.29 is 18.0 Å². The lowest BCUT2D eigenvalue weighted by Crippen LogP contribution is -2.29. The molecule has 0 radical (unpaired) electrons. The number of halogens is 4. The van der Waals surface area contributed by atoms with E-state index in [1.807, 2.05) is 0 Å². The van der Waals surface area contributed by atoms with Crippen LogP contribution in [-0.4, -0.2) is 12.1 Å². The van der Waals surface area contributed by atoms with Crippen molar-refractivity contribution in [1.82, 2.24) is 0 Å². The second-order valence-electron chi connectivity index (χ2n) is 2.79. The molecule has 0 aliphatic carbocycles. The van der Waals surface area contributed by atoms with Gasteiger partial charge in [0, 0.05) is 10.1 Å². The maximum Gasteiger partial charge on any atom is 0.471 e. The highest BCUT2D eigenvalue weighted by Crippen LogP contribution is 2.19. The van der Waals surface area contributed by atoms with Crippen molar-refractivity contribution in [2.75, 3.05) is 5.32 Å². The molecule has 2 nitrogen and oxygen atoms in total. The zero-order valence-electron chi connectivity index (χ0n) is 7.44. The largest absolute Gasteiger partial charge is 0.471 e. The van der Waals surface area contributed by atoms with E-state index in [0.717, 1.165) is 5.56 Å². The zero-order chi connectivity index (χ0) is 11.5. The van der Waals surface area contributed by atoms with Crippen LogP contribution in [0.5, 0.6) is 0 Å². The lowest BCUT2D eigenvalue weighted by molar-refractivity contribution is -0.167. The molecule has 1 amide bonds. The maximum absolute atomic E-state index is 11.9. The van der Waals surface area contributed by atoms with Gasteiger partial charge in [-0.2, -0.15) is 13.2 Å². The van der Waals surface area contributed by atoms with Crippen molar-refractivity contribution >= 4 is 34.2 Å². The molecule has 0 unspecified atom stereocenters. The molecular weight excluding hydrogens is 322 g/mol. The molecule has 1 rings (SSSR count). The first-order valence-corrected chi connectivity index (χ1v) is 5.49. The Bertz CT molecular complexity index is 365. The highest BCUT2D eigenvalue weighted by Gasteiger charge is 2.38. The average molecular weight is 329 g/mol. The summed E-state index contributed by atoms with van der Waals surface area (Å²) in [7, 11) is 0. The first kappa shape index (κ1) is 12.3. The summed E-state index contributed by atoms with van der Waals surface area (Å²) >= 11 is 2.08. The second kappa shape index (κ2) is 4.82. The van der Waals surface area contributed by atoms with Crippen LogP contribution in [-0.2, 0) is 9.22 Å². The molecule has 0 fully saturated rings. The Morgan fingerprint density at radius 3 is 2.60 bits per heavy atom. The molecule has 0 aliphatic rings. The molecule has 0 atom stereocenters. The van der Waals surface area contributed by atoms with E-state index in [0.29, 0.717) is 4.43 Å². The molecule has 1 N–H and O–H groups in total. The van der Waals surface area contributed by atoms with Gasteiger partial charge in [0.05, 0.1) is 0 Å². The molecular formula is C9H7F3INO. The van der Waals surface area contributed by atoms with Crippen molar-refractivity contribution in [2.45, 2.75) is 10.6 Å². The van der Waals surface area contributed by atoms with Gasteiger partial charge in [-0.1, -0.05) is 34.7 Å². The van der Waals surface area contributed by atoms with E-state index in [9.17, 15) is 18.0 Å². The van der Waals surface area contributed by atoms with Crippen molar-refractivity contribution in [3.05, 3.63) is 29.8 Å². The minimum absolute atomic E-state index is 0.159. The lowest BCUT2D eigenvalue weighted by atomic mass is 10.2. The third kappa shape index (κ3) is 3.69. The van der Waals surface area contributed by atoms with Gasteiger partial charge in [0.15, 0.2) is 0 Å². The summed E-state index contributed by atoms with van der Waals surface area (Å²) in [4.78, 5) is 10.6. The van der Waals surface area contributed by atoms with E-state index in [1.54, 1.807) is 17.4 Å². The van der Waals surface area contributed by atoms with Crippen molar-refractivity contribution in [3.63, 3.8) is 0 Å². The number of alkyl halides is 4. The Morgan fingerprint density at radius 1 is 1.40 bits per heavy atom. The fourth-order valence-electron chi connectivity index (χ4n) is 0.934. The number of carbonyl (C=O) groups is 1. The molecule has 1 aromatic carbocycles. The number of anilines is 1. The van der Waals surface area contributed by atoms with Gasteiger partial charge in [-0.15, -0.1) is 0 Å². The summed E-state index contributed by atoms with van der Waals surface area (Å²) in [5.41, 5.74) is 1.02. The van der Waals surface area contributed by atoms with Crippen LogP contribution in [0.2, 0.25) is 0 Å². The van der Waals surface area contributed by atoms with E-state index < -0.39 is 12.1 Å². The average Bonchev–Trinajstić information content (AvgIpc) is 2.16. The van der Waals surface area contributed by atoms with Gasteiger partial charge in [0.25, 0.3) is 0 Å². The minimum Gasteiger partial charge on any atom is -0.318 e. The Hall–Kier alpha value is -0.790. The SMILES string of the molecule is O=C(Nc1cccc(CI)c1)C(F)(F)F. The third-order valence-corrected chi connectivity index (χ3v) is 2.48. The number of benzene rings is 1. The zero-order valence-corrected chi connectivity index (χ0v) is 9.59. The molecule has 0 aliphatic heterocycles. The van der Waals surface area contributed by atoms with Gasteiger partial charge in [-0.3, -0.25) is 4.79 Å². The van der Waals surface area contributed by atoms with Crippen LogP contribution in [0.15, 0.2) is 24.3 Å². The number of hydrogen-bond donors (Lipinski definition) is 1. The summed E-state index contributed by atoms with van der Waals surface area (Å²) in [5, 5.41) is 1.79. The van der Waals surface area contributed by atoms with E-state index in [1.165, 1.54) is 12.1 Å². The van der Waals surface area contributed by atoms with Crippen molar-refractivity contribution in [2.24, 2.45) is 0 Å². The molecule has 1 aromatic rings. The van der Waals surface area contributed by atoms with Gasteiger partial charge >= 0.3 is 12.1 Å². The summed E-state index contributed by atoms with van der Waals surface area (Å²) < 4.78 is 36.4. The molecule has 0 saturated heterocycles. The van der Waals surface area contributed by atoms with Gasteiger partial charge in [0.2, 0.25) is 0 Å². The van der Waals surface area contributed by atoms with E-state index >= 15 is 0 Å². The maximum atomic E-state index is 11.9. The smallest absolute Gasteiger partial charge is 0.318 e. The quantitative estimate of drug-likeness (QED) is 0.656. The summed E-state index contributed by atoms with van der Waals surface area (Å²) in [6.07, 6.45) is -4.85. The van der Waals surface area contributed by atoms with Crippen molar-refractivity contribution in [1.29, 1.82) is 0 Å². The monoisotopic (exact) mass is 329 g/mol. The number of nitrogens with one attached hydrogen (secondary N) is 1. The standard InChI is InChI=1S/C9H7F3INO/c10-9(11,12)8(15)14-7-3-1-2-6(4-7)5-13/h1-4H,5H2,(H,14,15). The van der Waals surface area contributed by atoms with E-state index in [2.05, 4.69) is 22.6 Å². The van der Waals surface area contributed by atoms with Crippen LogP contribution in [0.3, 0.4) is 0 Å². The number of amides is 1. The summed E-state index contributed by atoms with van der Waals surface area (Å²) in [6, 6.07) is 6.30. The molecule has 82 valence electrons. The lowest BCUT2D eigenvalue weighted by Gasteiger charge is -2.08. The topological polar surface area (TPSA) is 29.1 Å². The molecule has 0 spiro atoms. The van der Waals surface area contributed by atoms with E-state index in [4.69, 9.17) is 0 Å². The summed E-state index contributed by atoms with van der Waals surface area (Å²) in [6.45, 7) is 0. The van der Waals surface area contributed by atoms with E-state index in [-0.39, 0.29) is 5.69 Å². The molecule has 0 heterocycles. The third-order valence-electron chi connectivity index (χ3n) is 1.60. The first-order valence-electron chi connectivity index (χ1n) is 3.96. The Morgan fingerprint density at radius 2 is 2.07 bits per heavy atom. The van der Waals surface area contributed by atoms with Gasteiger partial charge in [0.1, 0.15) is 0 Å². The Kier molecular flexibility index (Phi) is 3.95. The van der Waals surface area contributed by atoms with Crippen LogP contribution in [0, 0.1) is 0 Å². The predicted molar refractivity (Wildman–Crippen MR) is 58.9 cm³/mol. The number of rotatable bonds is 2. The predicted octanol–water partition coefficient (Wildman–Crippen LogP) is 3.12. The van der Waals surface area contributed by atoms with Crippen LogP contribution < -0.4 is 5.32 Å². The van der Waals surface area contributed by atoms with Crippen LogP contribution in [0.4, 0.5) is 18.9 Å². The minimum atomic E-state index is -4.85. The highest BCUT2D eigenvalue weighted by molar-refractivity contribution is 14.1. The van der Waals surface area contributed by atoms with Crippen LogP contribution in [0.25, 0.3) is 0 Å². The van der Waals surface area contributed by atoms with Crippen LogP contribution >= 0.6 is 22.6 Å². The molecule has 0 bridgehead atoms.